The summed E-state index contributed by atoms with van der Waals surface area (Å²) in [4.78, 5) is 8.91. The Morgan fingerprint density at radius 1 is 1.07 bits per heavy atom. The molecule has 3 aromatic carbocycles. The van der Waals surface area contributed by atoms with Crippen LogP contribution in [0.25, 0.3) is 22.6 Å². The van der Waals surface area contributed by atoms with Gasteiger partial charge in [-0.1, -0.05) is 45.2 Å². The molecule has 0 saturated carbocycles. The summed E-state index contributed by atoms with van der Waals surface area (Å²) in [6.07, 6.45) is 1.55. The Morgan fingerprint density at radius 2 is 1.93 bits per heavy atom. The normalized spacial score (nSPS) is 11.5. The van der Waals surface area contributed by atoms with Gasteiger partial charge in [0.15, 0.2) is 5.58 Å². The second kappa shape index (κ2) is 7.35. The fourth-order valence-corrected chi connectivity index (χ4v) is 3.59. The number of phenolic OH excluding ortho intramolecular Hbond substituents is 1. The predicted octanol–water partition coefficient (Wildman–Crippen LogP) is 7.02. The van der Waals surface area contributed by atoms with Gasteiger partial charge in [-0.05, 0) is 48.5 Å². The van der Waals surface area contributed by atoms with Gasteiger partial charge in [0.25, 0.3) is 0 Å². The van der Waals surface area contributed by atoms with Crippen molar-refractivity contribution in [3.8, 4) is 17.2 Å². The molecule has 0 aliphatic rings. The van der Waals surface area contributed by atoms with E-state index in [1.165, 1.54) is 0 Å². The van der Waals surface area contributed by atoms with Gasteiger partial charge in [0.2, 0.25) is 5.89 Å². The Hall–Kier alpha value is -2.34. The van der Waals surface area contributed by atoms with Gasteiger partial charge in [-0.15, -0.1) is 0 Å². The lowest BCUT2D eigenvalue weighted by atomic mass is 10.2. The van der Waals surface area contributed by atoms with Crippen LogP contribution >= 0.6 is 39.1 Å². The summed E-state index contributed by atoms with van der Waals surface area (Å²) in [5, 5.41) is 10.9. The fraction of sp³-hybridized carbons (Fsp3) is 0. The minimum absolute atomic E-state index is 0.0191. The first-order chi connectivity index (χ1) is 13.0. The summed E-state index contributed by atoms with van der Waals surface area (Å²) >= 11 is 15.4. The molecule has 0 amide bonds. The minimum Gasteiger partial charge on any atom is -0.506 e. The van der Waals surface area contributed by atoms with E-state index in [2.05, 4.69) is 25.9 Å². The van der Waals surface area contributed by atoms with Crippen LogP contribution in [-0.4, -0.2) is 16.3 Å². The Bertz CT molecular complexity index is 1190. The van der Waals surface area contributed by atoms with E-state index < -0.39 is 0 Å². The number of benzene rings is 3. The van der Waals surface area contributed by atoms with Gasteiger partial charge in [0, 0.05) is 26.8 Å². The molecule has 0 bridgehead atoms. The molecule has 0 unspecified atom stereocenters. The van der Waals surface area contributed by atoms with Crippen LogP contribution in [0.15, 0.2) is 68.5 Å². The lowest BCUT2D eigenvalue weighted by Crippen LogP contribution is -1.84. The van der Waals surface area contributed by atoms with Crippen LogP contribution in [0.2, 0.25) is 10.0 Å². The summed E-state index contributed by atoms with van der Waals surface area (Å²) in [5.41, 5.74) is 3.31. The molecule has 1 aromatic heterocycles. The Morgan fingerprint density at radius 3 is 2.74 bits per heavy atom. The van der Waals surface area contributed by atoms with Gasteiger partial charge in [0.05, 0.1) is 10.7 Å². The number of nitrogens with zero attached hydrogens (tertiary/aromatic N) is 2. The smallest absolute Gasteiger partial charge is 0.227 e. The molecule has 1 N–H and O–H groups in total. The number of phenols is 1. The third-order valence-electron chi connectivity index (χ3n) is 3.85. The topological polar surface area (TPSA) is 58.6 Å². The Balaban J connectivity index is 1.68. The van der Waals surface area contributed by atoms with Crippen molar-refractivity contribution in [1.29, 1.82) is 0 Å². The molecule has 0 radical (unpaired) electrons. The van der Waals surface area contributed by atoms with Crippen molar-refractivity contribution >= 4 is 62.1 Å². The molecule has 4 rings (SSSR count). The third-order valence-corrected chi connectivity index (χ3v) is 4.83. The van der Waals surface area contributed by atoms with E-state index in [1.807, 2.05) is 18.2 Å². The average molecular weight is 462 g/mol. The van der Waals surface area contributed by atoms with Crippen molar-refractivity contribution in [2.24, 2.45) is 4.99 Å². The van der Waals surface area contributed by atoms with E-state index in [-0.39, 0.29) is 10.8 Å². The molecule has 4 aromatic rings. The molecular weight excluding hydrogens is 451 g/mol. The molecule has 7 heteroatoms. The molecule has 0 spiro atoms. The number of halogens is 3. The van der Waals surface area contributed by atoms with Crippen LogP contribution in [0.3, 0.4) is 0 Å². The first kappa shape index (κ1) is 18.0. The number of hydrogen-bond donors (Lipinski definition) is 1. The van der Waals surface area contributed by atoms with E-state index in [1.54, 1.807) is 42.6 Å². The summed E-state index contributed by atoms with van der Waals surface area (Å²) in [5.74, 6) is 0.472. The van der Waals surface area contributed by atoms with Crippen LogP contribution in [0, 0.1) is 0 Å². The first-order valence-electron chi connectivity index (χ1n) is 7.88. The van der Waals surface area contributed by atoms with Crippen LogP contribution in [0.5, 0.6) is 5.75 Å². The Kier molecular flexibility index (Phi) is 4.91. The predicted molar refractivity (Wildman–Crippen MR) is 113 cm³/mol. The lowest BCUT2D eigenvalue weighted by molar-refractivity contribution is 0.474. The van der Waals surface area contributed by atoms with Gasteiger partial charge in [-0.2, -0.15) is 0 Å². The highest BCUT2D eigenvalue weighted by Crippen LogP contribution is 2.31. The number of aromatic nitrogens is 1. The highest BCUT2D eigenvalue weighted by molar-refractivity contribution is 9.10. The van der Waals surface area contributed by atoms with Crippen LogP contribution in [0.1, 0.15) is 5.56 Å². The number of fused-ring (bicyclic) bond motifs is 1. The van der Waals surface area contributed by atoms with E-state index in [0.29, 0.717) is 33.3 Å². The second-order valence-corrected chi connectivity index (χ2v) is 7.52. The summed E-state index contributed by atoms with van der Waals surface area (Å²) < 4.78 is 6.55. The molecule has 0 aliphatic heterocycles. The van der Waals surface area contributed by atoms with E-state index in [4.69, 9.17) is 27.6 Å². The summed E-state index contributed by atoms with van der Waals surface area (Å²) in [6, 6.07) is 16.1. The van der Waals surface area contributed by atoms with Crippen molar-refractivity contribution in [2.75, 3.05) is 0 Å². The molecule has 0 fully saturated rings. The number of oxazole rings is 1. The van der Waals surface area contributed by atoms with Gasteiger partial charge in [-0.25, -0.2) is 4.98 Å². The molecule has 27 heavy (non-hydrogen) atoms. The molecule has 0 saturated heterocycles. The number of hydrogen-bond acceptors (Lipinski definition) is 4. The quantitative estimate of drug-likeness (QED) is 0.333. The van der Waals surface area contributed by atoms with Crippen LogP contribution < -0.4 is 0 Å². The van der Waals surface area contributed by atoms with E-state index in [0.717, 1.165) is 10.0 Å². The maximum absolute atomic E-state index is 10.0. The zero-order valence-corrected chi connectivity index (χ0v) is 16.8. The highest BCUT2D eigenvalue weighted by atomic mass is 79.9. The molecule has 1 heterocycles. The van der Waals surface area contributed by atoms with Crippen LogP contribution in [-0.2, 0) is 0 Å². The molecule has 0 aliphatic carbocycles. The van der Waals surface area contributed by atoms with Gasteiger partial charge < -0.3 is 9.52 Å². The molecule has 134 valence electrons. The monoisotopic (exact) mass is 460 g/mol. The summed E-state index contributed by atoms with van der Waals surface area (Å²) in [7, 11) is 0. The standard InChI is InChI=1S/C20H11BrCl2N2O2/c21-13-6-12(19(26)16(23)8-13)10-24-15-4-5-18-17(9-15)25-20(27-18)11-2-1-3-14(22)7-11/h1-10,26H. The third kappa shape index (κ3) is 3.86. The maximum Gasteiger partial charge on any atom is 0.227 e. The highest BCUT2D eigenvalue weighted by Gasteiger charge is 2.10. The fourth-order valence-electron chi connectivity index (χ4n) is 2.57. The van der Waals surface area contributed by atoms with Gasteiger partial charge in [0.1, 0.15) is 11.3 Å². The van der Waals surface area contributed by atoms with Crippen molar-refractivity contribution in [3.05, 3.63) is 74.7 Å². The number of aliphatic imine (C=N–C) groups is 1. The number of rotatable bonds is 3. The molecular formula is C20H11BrCl2N2O2. The number of aromatic hydroxyl groups is 1. The largest absolute Gasteiger partial charge is 0.506 e. The van der Waals surface area contributed by atoms with Crippen molar-refractivity contribution < 1.29 is 9.52 Å². The molecule has 0 atom stereocenters. The Labute approximate surface area is 173 Å². The minimum atomic E-state index is -0.0191. The zero-order valence-electron chi connectivity index (χ0n) is 13.7. The average Bonchev–Trinajstić information content (AvgIpc) is 3.07. The van der Waals surface area contributed by atoms with Gasteiger partial charge >= 0.3 is 0 Å². The van der Waals surface area contributed by atoms with Crippen LogP contribution in [0.4, 0.5) is 5.69 Å². The van der Waals surface area contributed by atoms with Crippen molar-refractivity contribution in [3.63, 3.8) is 0 Å². The molecule has 4 nitrogen and oxygen atoms in total. The van der Waals surface area contributed by atoms with Crippen molar-refractivity contribution in [2.45, 2.75) is 0 Å². The van der Waals surface area contributed by atoms with E-state index >= 15 is 0 Å². The first-order valence-corrected chi connectivity index (χ1v) is 9.43. The second-order valence-electron chi connectivity index (χ2n) is 5.77. The van der Waals surface area contributed by atoms with Crippen molar-refractivity contribution in [1.82, 2.24) is 4.98 Å². The maximum atomic E-state index is 10.0. The lowest BCUT2D eigenvalue weighted by Gasteiger charge is -2.02. The van der Waals surface area contributed by atoms with Gasteiger partial charge in [-0.3, -0.25) is 4.99 Å². The zero-order chi connectivity index (χ0) is 19.0. The SMILES string of the molecule is Oc1c(Cl)cc(Br)cc1C=Nc1ccc2oc(-c3cccc(Cl)c3)nc2c1. The van der Waals surface area contributed by atoms with E-state index in [9.17, 15) is 5.11 Å². The summed E-state index contributed by atoms with van der Waals surface area (Å²) in [6.45, 7) is 0.